The Morgan fingerprint density at radius 1 is 1.25 bits per heavy atom. The van der Waals surface area contributed by atoms with Gasteiger partial charge in [-0.1, -0.05) is 5.21 Å². The number of hydrogen-bond donors (Lipinski definition) is 3. The van der Waals surface area contributed by atoms with E-state index in [9.17, 15) is 0 Å². The quantitative estimate of drug-likeness (QED) is 0.466. The van der Waals surface area contributed by atoms with Gasteiger partial charge in [0.15, 0.2) is 6.33 Å². The molecule has 0 aliphatic carbocycles. The van der Waals surface area contributed by atoms with Crippen molar-refractivity contribution in [3.8, 4) is 0 Å². The van der Waals surface area contributed by atoms with Crippen LogP contribution in [0.3, 0.4) is 0 Å². The highest BCUT2D eigenvalue weighted by Crippen LogP contribution is 1.43. The average molecular weight is 141 g/mol. The molecule has 7 heteroatoms. The van der Waals surface area contributed by atoms with Crippen LogP contribution in [-0.4, -0.2) is 20.6 Å². The molecular weight excluding hydrogens is 132 g/mol. The summed E-state index contributed by atoms with van der Waals surface area (Å²) in [4.78, 5) is 0. The molecule has 0 fully saturated rings. The lowest BCUT2D eigenvalue weighted by molar-refractivity contribution is 0.881. The molecule has 0 saturated carbocycles. The van der Waals surface area contributed by atoms with E-state index in [4.69, 9.17) is 0 Å². The maximum atomic E-state index is 3.38. The number of aromatic nitrogens is 4. The fourth-order valence-electron chi connectivity index (χ4n) is 0.129. The molecule has 0 aliphatic heterocycles. The highest BCUT2D eigenvalue weighted by molar-refractivity contribution is 5.85. The van der Waals surface area contributed by atoms with Gasteiger partial charge in [-0.2, -0.15) is 5.21 Å². The van der Waals surface area contributed by atoms with Gasteiger partial charge in [0.25, 0.3) is 0 Å². The summed E-state index contributed by atoms with van der Waals surface area (Å²) in [6.07, 6.45) is 1.33. The van der Waals surface area contributed by atoms with E-state index in [1.165, 1.54) is 6.33 Å². The van der Waals surface area contributed by atoms with E-state index < -0.39 is 0 Å². The third kappa shape index (κ3) is 5.28. The van der Waals surface area contributed by atoms with Crippen LogP contribution in [-0.2, 0) is 0 Å². The van der Waals surface area contributed by atoms with E-state index in [0.717, 1.165) is 0 Å². The molecule has 0 saturated heterocycles. The van der Waals surface area contributed by atoms with Gasteiger partial charge in [0.1, 0.15) is 0 Å². The Labute approximate surface area is 52.6 Å². The third-order valence-corrected chi connectivity index (χ3v) is 0.270. The summed E-state index contributed by atoms with van der Waals surface area (Å²) in [6, 6.07) is 0. The van der Waals surface area contributed by atoms with Gasteiger partial charge >= 0.3 is 0 Å². The number of aromatic amines is 1. The second-order valence-electron chi connectivity index (χ2n) is 0.560. The van der Waals surface area contributed by atoms with Gasteiger partial charge in [0.05, 0.1) is 0 Å². The normalized spacial score (nSPS) is 5.00. The van der Waals surface area contributed by atoms with Crippen molar-refractivity contribution in [1.29, 1.82) is 0 Å². The van der Waals surface area contributed by atoms with Crippen LogP contribution in [0.2, 0.25) is 0 Å². The Bertz CT molecular complexity index is 65.0. The van der Waals surface area contributed by atoms with E-state index >= 15 is 0 Å². The third-order valence-electron chi connectivity index (χ3n) is 0.270. The summed E-state index contributed by atoms with van der Waals surface area (Å²) < 4.78 is 0. The molecule has 1 heterocycles. The molecule has 0 atom stereocenters. The SMILES string of the molecule is Cl.N.N.c1nn[nH]n1. The smallest absolute Gasteiger partial charge is 0.161 e. The molecular formula is CH9ClN6. The number of H-pyrrole nitrogens is 1. The first-order chi connectivity index (χ1) is 2.50. The number of nitrogens with zero attached hydrogens (tertiary/aromatic N) is 3. The van der Waals surface area contributed by atoms with Gasteiger partial charge in [-0.05, 0) is 0 Å². The fraction of sp³-hybridized carbons (Fsp3) is 0. The second-order valence-corrected chi connectivity index (χ2v) is 0.560. The van der Waals surface area contributed by atoms with Crippen LogP contribution in [0, 0.1) is 0 Å². The number of tetrazole rings is 1. The van der Waals surface area contributed by atoms with Gasteiger partial charge in [0, 0.05) is 0 Å². The first-order valence-corrected chi connectivity index (χ1v) is 1.16. The number of nitrogens with one attached hydrogen (secondary N) is 1. The van der Waals surface area contributed by atoms with Gasteiger partial charge < -0.3 is 12.3 Å². The van der Waals surface area contributed by atoms with E-state index in [-0.39, 0.29) is 24.7 Å². The minimum atomic E-state index is 0. The molecule has 0 radical (unpaired) electrons. The van der Waals surface area contributed by atoms with Gasteiger partial charge in [-0.25, -0.2) is 0 Å². The topological polar surface area (TPSA) is 124 Å². The highest BCUT2D eigenvalue weighted by atomic mass is 35.5. The summed E-state index contributed by atoms with van der Waals surface area (Å²) >= 11 is 0. The summed E-state index contributed by atoms with van der Waals surface area (Å²) in [5, 5.41) is 12.2. The molecule has 6 nitrogen and oxygen atoms in total. The molecule has 1 rings (SSSR count). The molecule has 0 bridgehead atoms. The highest BCUT2D eigenvalue weighted by Gasteiger charge is 1.58. The zero-order chi connectivity index (χ0) is 3.54. The van der Waals surface area contributed by atoms with Crippen LogP contribution >= 0.6 is 12.4 Å². The Kier molecular flexibility index (Phi) is 18.7. The first-order valence-electron chi connectivity index (χ1n) is 1.16. The maximum Gasteiger partial charge on any atom is 0.161 e. The van der Waals surface area contributed by atoms with Crippen molar-refractivity contribution in [1.82, 2.24) is 32.9 Å². The van der Waals surface area contributed by atoms with E-state index in [1.807, 2.05) is 0 Å². The van der Waals surface area contributed by atoms with Crippen molar-refractivity contribution in [3.63, 3.8) is 0 Å². The Morgan fingerprint density at radius 3 is 2.00 bits per heavy atom. The lowest BCUT2D eigenvalue weighted by atomic mass is 11.4. The molecule has 50 valence electrons. The fourth-order valence-corrected chi connectivity index (χ4v) is 0.129. The predicted molar refractivity (Wildman–Crippen MR) is 31.5 cm³/mol. The van der Waals surface area contributed by atoms with Crippen molar-refractivity contribution in [3.05, 3.63) is 6.33 Å². The molecule has 0 aliphatic rings. The second kappa shape index (κ2) is 9.56. The lowest BCUT2D eigenvalue weighted by Gasteiger charge is -1.44. The molecule has 0 aromatic carbocycles. The minimum Gasteiger partial charge on any atom is -0.344 e. The molecule has 0 spiro atoms. The van der Waals surface area contributed by atoms with Gasteiger partial charge in [-0.3, -0.25) is 0 Å². The van der Waals surface area contributed by atoms with E-state index in [0.29, 0.717) is 0 Å². The van der Waals surface area contributed by atoms with Crippen LogP contribution < -0.4 is 12.3 Å². The summed E-state index contributed by atoms with van der Waals surface area (Å²) in [7, 11) is 0. The number of hydrogen-bond acceptors (Lipinski definition) is 5. The van der Waals surface area contributed by atoms with Crippen LogP contribution in [0.4, 0.5) is 0 Å². The van der Waals surface area contributed by atoms with Gasteiger partial charge in [-0.15, -0.1) is 22.6 Å². The predicted octanol–water partition coefficient (Wildman–Crippen LogP) is -0.0545. The van der Waals surface area contributed by atoms with Crippen LogP contribution in [0.15, 0.2) is 6.33 Å². The Hall–Kier alpha value is -0.720. The maximum absolute atomic E-state index is 3.38. The monoisotopic (exact) mass is 140 g/mol. The van der Waals surface area contributed by atoms with Crippen molar-refractivity contribution in [2.75, 3.05) is 0 Å². The zero-order valence-electron chi connectivity index (χ0n) is 4.24. The molecule has 1 aromatic heterocycles. The van der Waals surface area contributed by atoms with Gasteiger partial charge in [0.2, 0.25) is 0 Å². The van der Waals surface area contributed by atoms with E-state index in [2.05, 4.69) is 20.6 Å². The van der Waals surface area contributed by atoms with Crippen molar-refractivity contribution < 1.29 is 0 Å². The molecule has 0 unspecified atom stereocenters. The Balaban J connectivity index is -0.0000000833. The summed E-state index contributed by atoms with van der Waals surface area (Å²) in [6.45, 7) is 0. The summed E-state index contributed by atoms with van der Waals surface area (Å²) in [5.74, 6) is 0. The van der Waals surface area contributed by atoms with Crippen molar-refractivity contribution in [2.24, 2.45) is 0 Å². The first kappa shape index (κ1) is 15.7. The zero-order valence-corrected chi connectivity index (χ0v) is 5.06. The molecule has 0 amide bonds. The average Bonchev–Trinajstić information content (AvgIpc) is 1.76. The van der Waals surface area contributed by atoms with Crippen LogP contribution in [0.25, 0.3) is 0 Å². The van der Waals surface area contributed by atoms with E-state index in [1.54, 1.807) is 0 Å². The largest absolute Gasteiger partial charge is 0.344 e. The summed E-state index contributed by atoms with van der Waals surface area (Å²) in [5.41, 5.74) is 0. The molecule has 1 aromatic rings. The minimum absolute atomic E-state index is 0. The molecule has 7 N–H and O–H groups in total. The number of halogens is 1. The molecule has 8 heavy (non-hydrogen) atoms. The number of rotatable bonds is 0. The van der Waals surface area contributed by atoms with Crippen LogP contribution in [0.1, 0.15) is 0 Å². The van der Waals surface area contributed by atoms with Crippen molar-refractivity contribution in [2.45, 2.75) is 0 Å². The standard InChI is InChI=1S/CH2N4.ClH.2H3N/c1-2-4-5-3-1;;;/h1H,(H,2,3,4,5);1H;2*1H3. The lowest BCUT2D eigenvalue weighted by Crippen LogP contribution is -1.64. The van der Waals surface area contributed by atoms with Crippen LogP contribution in [0.5, 0.6) is 0 Å². The van der Waals surface area contributed by atoms with Crippen molar-refractivity contribution >= 4 is 12.4 Å². The Morgan fingerprint density at radius 2 is 1.88 bits per heavy atom.